The Morgan fingerprint density at radius 3 is 2.73 bits per heavy atom. The molecular formula is C20H18N6. The van der Waals surface area contributed by atoms with Crippen molar-refractivity contribution in [2.75, 3.05) is 5.32 Å². The Morgan fingerprint density at radius 2 is 1.81 bits per heavy atom. The van der Waals surface area contributed by atoms with Crippen molar-refractivity contribution in [1.82, 2.24) is 24.7 Å². The second kappa shape index (κ2) is 6.22. The lowest BCUT2D eigenvalue weighted by Gasteiger charge is -2.24. The molecule has 0 spiro atoms. The first-order chi connectivity index (χ1) is 12.9. The van der Waals surface area contributed by atoms with Gasteiger partial charge in [-0.15, -0.1) is 0 Å². The molecule has 3 heterocycles. The van der Waals surface area contributed by atoms with Crippen LogP contribution in [0.25, 0.3) is 22.2 Å². The van der Waals surface area contributed by atoms with Gasteiger partial charge in [0.2, 0.25) is 5.95 Å². The molecular weight excluding hydrogens is 324 g/mol. The van der Waals surface area contributed by atoms with Crippen LogP contribution in [0.15, 0.2) is 60.9 Å². The molecule has 0 saturated carbocycles. The van der Waals surface area contributed by atoms with Crippen LogP contribution in [0.4, 0.5) is 5.95 Å². The molecule has 1 aliphatic heterocycles. The number of para-hydroxylation sites is 1. The predicted octanol–water partition coefficient (Wildman–Crippen LogP) is 3.32. The summed E-state index contributed by atoms with van der Waals surface area (Å²) in [6.07, 6.45) is 3.53. The highest BCUT2D eigenvalue weighted by atomic mass is 15.3. The van der Waals surface area contributed by atoms with E-state index < -0.39 is 0 Å². The van der Waals surface area contributed by atoms with E-state index in [-0.39, 0.29) is 6.04 Å². The van der Waals surface area contributed by atoms with Gasteiger partial charge in [-0.05, 0) is 12.5 Å². The summed E-state index contributed by atoms with van der Waals surface area (Å²) >= 11 is 0. The standard InChI is InChI=1S/C20H18N6/c1-2-6-14(7-3-1)19-16-8-4-5-9-17(16)24-20(25-19)23-15-10-11-18-21-13-22-26(18)12-15/h1-9,13,15H,10-12H2,(H,23,24,25). The molecule has 1 unspecified atom stereocenters. The van der Waals surface area contributed by atoms with Gasteiger partial charge in [-0.25, -0.2) is 19.6 Å². The van der Waals surface area contributed by atoms with Gasteiger partial charge in [0, 0.05) is 23.4 Å². The molecule has 0 saturated heterocycles. The van der Waals surface area contributed by atoms with E-state index in [9.17, 15) is 0 Å². The molecule has 1 atom stereocenters. The molecule has 4 aromatic rings. The average Bonchev–Trinajstić information content (AvgIpc) is 3.16. The predicted molar refractivity (Wildman–Crippen MR) is 101 cm³/mol. The second-order valence-electron chi connectivity index (χ2n) is 6.52. The quantitative estimate of drug-likeness (QED) is 0.618. The fourth-order valence-corrected chi connectivity index (χ4v) is 3.50. The number of fused-ring (bicyclic) bond motifs is 2. The van der Waals surface area contributed by atoms with E-state index in [1.54, 1.807) is 6.33 Å². The number of nitrogens with one attached hydrogen (secondary N) is 1. The molecule has 0 amide bonds. The highest BCUT2D eigenvalue weighted by molar-refractivity contribution is 5.93. The Labute approximate surface area is 150 Å². The van der Waals surface area contributed by atoms with Crippen LogP contribution in [0.2, 0.25) is 0 Å². The Morgan fingerprint density at radius 1 is 0.962 bits per heavy atom. The molecule has 6 heteroatoms. The maximum Gasteiger partial charge on any atom is 0.224 e. The number of anilines is 1. The first kappa shape index (κ1) is 15.0. The molecule has 0 bridgehead atoms. The summed E-state index contributed by atoms with van der Waals surface area (Å²) in [5, 5.41) is 8.85. The number of hydrogen-bond donors (Lipinski definition) is 1. The number of aryl methyl sites for hydroxylation is 1. The number of rotatable bonds is 3. The molecule has 1 N–H and O–H groups in total. The summed E-state index contributed by atoms with van der Waals surface area (Å²) in [5.41, 5.74) is 2.99. The van der Waals surface area contributed by atoms with Gasteiger partial charge >= 0.3 is 0 Å². The third kappa shape index (κ3) is 2.69. The Kier molecular flexibility index (Phi) is 3.59. The lowest BCUT2D eigenvalue weighted by molar-refractivity contribution is 0.440. The lowest BCUT2D eigenvalue weighted by atomic mass is 10.1. The van der Waals surface area contributed by atoms with Gasteiger partial charge in [-0.2, -0.15) is 5.10 Å². The van der Waals surface area contributed by atoms with Crippen LogP contribution in [0.1, 0.15) is 12.2 Å². The van der Waals surface area contributed by atoms with Gasteiger partial charge in [0.1, 0.15) is 12.2 Å². The minimum Gasteiger partial charge on any atom is -0.350 e. The number of benzene rings is 2. The third-order valence-electron chi connectivity index (χ3n) is 4.79. The van der Waals surface area contributed by atoms with Gasteiger partial charge in [-0.1, -0.05) is 48.5 Å². The molecule has 5 rings (SSSR count). The van der Waals surface area contributed by atoms with Gasteiger partial charge in [-0.3, -0.25) is 0 Å². The van der Waals surface area contributed by atoms with Gasteiger partial charge in [0.25, 0.3) is 0 Å². The minimum absolute atomic E-state index is 0.244. The highest BCUT2D eigenvalue weighted by Crippen LogP contribution is 2.27. The van der Waals surface area contributed by atoms with Crippen LogP contribution in [0.3, 0.4) is 0 Å². The lowest BCUT2D eigenvalue weighted by Crippen LogP contribution is -2.32. The van der Waals surface area contributed by atoms with Gasteiger partial charge in [0.15, 0.2) is 0 Å². The largest absolute Gasteiger partial charge is 0.350 e. The van der Waals surface area contributed by atoms with E-state index in [0.717, 1.165) is 47.4 Å². The first-order valence-electron chi connectivity index (χ1n) is 8.82. The SMILES string of the molecule is c1ccc(-c2nc(NC3CCc4ncnn4C3)nc3ccccc23)cc1. The monoisotopic (exact) mass is 342 g/mol. The van der Waals surface area contributed by atoms with Crippen LogP contribution in [-0.4, -0.2) is 30.8 Å². The van der Waals surface area contributed by atoms with Crippen molar-refractivity contribution in [2.24, 2.45) is 0 Å². The topological polar surface area (TPSA) is 68.5 Å². The first-order valence-corrected chi connectivity index (χ1v) is 8.82. The minimum atomic E-state index is 0.244. The molecule has 1 aliphatic rings. The average molecular weight is 342 g/mol. The molecule has 2 aromatic heterocycles. The Hall–Kier alpha value is -3.28. The Bertz CT molecular complexity index is 1060. The van der Waals surface area contributed by atoms with Crippen LogP contribution >= 0.6 is 0 Å². The zero-order valence-corrected chi connectivity index (χ0v) is 14.2. The maximum atomic E-state index is 4.84. The van der Waals surface area contributed by atoms with E-state index >= 15 is 0 Å². The molecule has 0 radical (unpaired) electrons. The van der Waals surface area contributed by atoms with Crippen molar-refractivity contribution in [3.8, 4) is 11.3 Å². The van der Waals surface area contributed by atoms with Gasteiger partial charge in [0.05, 0.1) is 17.8 Å². The van der Waals surface area contributed by atoms with Gasteiger partial charge < -0.3 is 5.32 Å². The second-order valence-corrected chi connectivity index (χ2v) is 6.52. The van der Waals surface area contributed by atoms with Crippen molar-refractivity contribution in [1.29, 1.82) is 0 Å². The molecule has 0 aliphatic carbocycles. The number of nitrogens with zero attached hydrogens (tertiary/aromatic N) is 5. The summed E-state index contributed by atoms with van der Waals surface area (Å²) in [6.45, 7) is 0.784. The summed E-state index contributed by atoms with van der Waals surface area (Å²) in [7, 11) is 0. The summed E-state index contributed by atoms with van der Waals surface area (Å²) < 4.78 is 1.96. The zero-order chi connectivity index (χ0) is 17.3. The van der Waals surface area contributed by atoms with Crippen molar-refractivity contribution in [3.63, 3.8) is 0 Å². The molecule has 26 heavy (non-hydrogen) atoms. The van der Waals surface area contributed by atoms with E-state index in [1.165, 1.54) is 0 Å². The van der Waals surface area contributed by atoms with Crippen LogP contribution < -0.4 is 5.32 Å². The van der Waals surface area contributed by atoms with Crippen molar-refractivity contribution >= 4 is 16.9 Å². The molecule has 6 nitrogen and oxygen atoms in total. The molecule has 128 valence electrons. The van der Waals surface area contributed by atoms with E-state index in [0.29, 0.717) is 5.95 Å². The van der Waals surface area contributed by atoms with E-state index in [2.05, 4.69) is 33.6 Å². The van der Waals surface area contributed by atoms with Crippen molar-refractivity contribution in [3.05, 3.63) is 66.7 Å². The fourth-order valence-electron chi connectivity index (χ4n) is 3.50. The number of hydrogen-bond acceptors (Lipinski definition) is 5. The highest BCUT2D eigenvalue weighted by Gasteiger charge is 2.21. The Balaban J connectivity index is 1.53. The van der Waals surface area contributed by atoms with Crippen LogP contribution in [0.5, 0.6) is 0 Å². The smallest absolute Gasteiger partial charge is 0.224 e. The molecule has 2 aromatic carbocycles. The summed E-state index contributed by atoms with van der Waals surface area (Å²) in [4.78, 5) is 13.9. The van der Waals surface area contributed by atoms with E-state index in [4.69, 9.17) is 9.97 Å². The third-order valence-corrected chi connectivity index (χ3v) is 4.79. The van der Waals surface area contributed by atoms with Crippen molar-refractivity contribution < 1.29 is 0 Å². The normalized spacial score (nSPS) is 16.4. The van der Waals surface area contributed by atoms with E-state index in [1.807, 2.05) is 41.1 Å². The summed E-state index contributed by atoms with van der Waals surface area (Å²) in [5.74, 6) is 1.71. The van der Waals surface area contributed by atoms with Crippen LogP contribution in [0, 0.1) is 0 Å². The fraction of sp³-hybridized carbons (Fsp3) is 0.200. The molecule has 0 fully saturated rings. The number of aromatic nitrogens is 5. The van der Waals surface area contributed by atoms with Crippen LogP contribution in [-0.2, 0) is 13.0 Å². The summed E-state index contributed by atoms with van der Waals surface area (Å²) in [6, 6.07) is 18.6. The zero-order valence-electron chi connectivity index (χ0n) is 14.2. The van der Waals surface area contributed by atoms with Crippen molar-refractivity contribution in [2.45, 2.75) is 25.4 Å². The maximum absolute atomic E-state index is 4.84.